The first-order chi connectivity index (χ1) is 6.14. The molecule has 1 saturated carbocycles. The fourth-order valence-electron chi connectivity index (χ4n) is 1.88. The first-order valence-corrected chi connectivity index (χ1v) is 4.68. The number of oxime groups is 1. The van der Waals surface area contributed by atoms with E-state index >= 15 is 0 Å². The van der Waals surface area contributed by atoms with Crippen LogP contribution in [0.25, 0.3) is 0 Å². The smallest absolute Gasteiger partial charge is 0.171 e. The Bertz CT molecular complexity index is 196. The maximum atomic E-state index is 8.63. The molecule has 0 atom stereocenters. The second-order valence-electron chi connectivity index (χ2n) is 3.87. The van der Waals surface area contributed by atoms with E-state index in [-0.39, 0.29) is 5.84 Å². The highest BCUT2D eigenvalue weighted by molar-refractivity contribution is 5.88. The summed E-state index contributed by atoms with van der Waals surface area (Å²) in [5.41, 5.74) is 5.10. The van der Waals surface area contributed by atoms with Crippen molar-refractivity contribution in [1.82, 2.24) is 0 Å². The Morgan fingerprint density at radius 1 is 1.54 bits per heavy atom. The number of hydrogen-bond donors (Lipinski definition) is 2. The first kappa shape index (κ1) is 10.3. The summed E-state index contributed by atoms with van der Waals surface area (Å²) in [6.45, 7) is 2.21. The van der Waals surface area contributed by atoms with Crippen molar-refractivity contribution >= 4 is 5.84 Å². The topological polar surface area (TPSA) is 67.8 Å². The van der Waals surface area contributed by atoms with Gasteiger partial charge in [0.2, 0.25) is 0 Å². The lowest BCUT2D eigenvalue weighted by atomic mass is 9.79. The molecule has 0 unspecified atom stereocenters. The fourth-order valence-corrected chi connectivity index (χ4v) is 1.88. The van der Waals surface area contributed by atoms with Crippen LogP contribution in [0.2, 0.25) is 0 Å². The molecule has 1 aliphatic rings. The largest absolute Gasteiger partial charge is 0.409 e. The van der Waals surface area contributed by atoms with Crippen LogP contribution >= 0.6 is 0 Å². The van der Waals surface area contributed by atoms with Gasteiger partial charge in [-0.1, -0.05) is 12.1 Å². The third-order valence-corrected chi connectivity index (χ3v) is 3.05. The van der Waals surface area contributed by atoms with Gasteiger partial charge in [0, 0.05) is 7.11 Å². The molecule has 0 saturated heterocycles. The van der Waals surface area contributed by atoms with Gasteiger partial charge in [-0.25, -0.2) is 0 Å². The Kier molecular flexibility index (Phi) is 3.14. The van der Waals surface area contributed by atoms with Crippen LogP contribution in [0.4, 0.5) is 0 Å². The molecule has 0 aromatic rings. The van der Waals surface area contributed by atoms with E-state index in [1.807, 2.05) is 0 Å². The lowest BCUT2D eigenvalue weighted by Gasteiger charge is -2.36. The second kappa shape index (κ2) is 3.96. The van der Waals surface area contributed by atoms with E-state index < -0.39 is 5.60 Å². The standard InChI is InChI=1S/C9H18N2O2/c1-7-3-5-9(13-2,6-4-7)8(10)11-12/h7,12H,3-6H2,1-2H3,(H2,10,11). The molecule has 0 amide bonds. The highest BCUT2D eigenvalue weighted by Gasteiger charge is 2.38. The maximum Gasteiger partial charge on any atom is 0.171 e. The van der Waals surface area contributed by atoms with Crippen molar-refractivity contribution in [2.45, 2.75) is 38.2 Å². The van der Waals surface area contributed by atoms with Crippen LogP contribution in [0.1, 0.15) is 32.6 Å². The van der Waals surface area contributed by atoms with E-state index in [2.05, 4.69) is 12.1 Å². The maximum absolute atomic E-state index is 8.63. The summed E-state index contributed by atoms with van der Waals surface area (Å²) >= 11 is 0. The molecule has 76 valence electrons. The molecule has 3 N–H and O–H groups in total. The number of rotatable bonds is 2. The van der Waals surface area contributed by atoms with Gasteiger partial charge in [-0.2, -0.15) is 0 Å². The van der Waals surface area contributed by atoms with Gasteiger partial charge in [-0.05, 0) is 31.6 Å². The normalized spacial score (nSPS) is 36.2. The van der Waals surface area contributed by atoms with Crippen LogP contribution < -0.4 is 5.73 Å². The van der Waals surface area contributed by atoms with Gasteiger partial charge >= 0.3 is 0 Å². The summed E-state index contributed by atoms with van der Waals surface area (Å²) in [6.07, 6.45) is 3.84. The Balaban J connectivity index is 2.71. The van der Waals surface area contributed by atoms with Gasteiger partial charge in [0.05, 0.1) is 0 Å². The zero-order chi connectivity index (χ0) is 9.90. The quantitative estimate of drug-likeness (QED) is 0.296. The van der Waals surface area contributed by atoms with Crippen LogP contribution in [0.5, 0.6) is 0 Å². The summed E-state index contributed by atoms with van der Waals surface area (Å²) in [7, 11) is 1.62. The van der Waals surface area contributed by atoms with Crippen LogP contribution in [0.3, 0.4) is 0 Å². The Labute approximate surface area is 78.7 Å². The van der Waals surface area contributed by atoms with Gasteiger partial charge in [0.1, 0.15) is 5.60 Å². The summed E-state index contributed by atoms with van der Waals surface area (Å²) in [5, 5.41) is 11.7. The molecule has 1 rings (SSSR count). The molecular weight excluding hydrogens is 168 g/mol. The molecular formula is C9H18N2O2. The van der Waals surface area contributed by atoms with Crippen LogP contribution in [-0.4, -0.2) is 23.8 Å². The van der Waals surface area contributed by atoms with Gasteiger partial charge < -0.3 is 15.7 Å². The third-order valence-electron chi connectivity index (χ3n) is 3.05. The number of nitrogens with zero attached hydrogens (tertiary/aromatic N) is 1. The van der Waals surface area contributed by atoms with Crippen molar-refractivity contribution in [3.8, 4) is 0 Å². The number of amidine groups is 1. The Morgan fingerprint density at radius 3 is 2.46 bits per heavy atom. The fraction of sp³-hybridized carbons (Fsp3) is 0.889. The second-order valence-corrected chi connectivity index (χ2v) is 3.87. The summed E-state index contributed by atoms with van der Waals surface area (Å²) in [6, 6.07) is 0. The van der Waals surface area contributed by atoms with E-state index in [1.54, 1.807) is 7.11 Å². The molecule has 4 nitrogen and oxygen atoms in total. The average Bonchev–Trinajstić information content (AvgIpc) is 2.18. The van der Waals surface area contributed by atoms with Crippen molar-refractivity contribution < 1.29 is 9.94 Å². The number of hydrogen-bond acceptors (Lipinski definition) is 3. The third kappa shape index (κ3) is 1.94. The van der Waals surface area contributed by atoms with E-state index in [1.165, 1.54) is 0 Å². The lowest BCUT2D eigenvalue weighted by molar-refractivity contribution is 0.00584. The zero-order valence-electron chi connectivity index (χ0n) is 8.29. The summed E-state index contributed by atoms with van der Waals surface area (Å²) < 4.78 is 5.36. The molecule has 13 heavy (non-hydrogen) atoms. The average molecular weight is 186 g/mol. The van der Waals surface area contributed by atoms with Crippen molar-refractivity contribution in [1.29, 1.82) is 0 Å². The lowest BCUT2D eigenvalue weighted by Crippen LogP contribution is -2.48. The van der Waals surface area contributed by atoms with E-state index in [4.69, 9.17) is 15.7 Å². The van der Waals surface area contributed by atoms with Gasteiger partial charge in [-0.3, -0.25) is 0 Å². The molecule has 0 aromatic heterocycles. The zero-order valence-corrected chi connectivity index (χ0v) is 8.29. The monoisotopic (exact) mass is 186 g/mol. The molecule has 0 aromatic carbocycles. The highest BCUT2D eigenvalue weighted by Crippen LogP contribution is 2.34. The Morgan fingerprint density at radius 2 is 2.08 bits per heavy atom. The molecule has 1 aliphatic carbocycles. The van der Waals surface area contributed by atoms with Gasteiger partial charge in [0.15, 0.2) is 5.84 Å². The van der Waals surface area contributed by atoms with E-state index in [0.29, 0.717) is 0 Å². The van der Waals surface area contributed by atoms with Crippen molar-refractivity contribution in [3.05, 3.63) is 0 Å². The van der Waals surface area contributed by atoms with E-state index in [9.17, 15) is 0 Å². The van der Waals surface area contributed by atoms with Crippen molar-refractivity contribution in [2.24, 2.45) is 16.8 Å². The molecule has 0 bridgehead atoms. The van der Waals surface area contributed by atoms with Crippen LogP contribution in [0.15, 0.2) is 5.16 Å². The van der Waals surface area contributed by atoms with E-state index in [0.717, 1.165) is 31.6 Å². The summed E-state index contributed by atoms with van der Waals surface area (Å²) in [5.74, 6) is 0.927. The predicted molar refractivity (Wildman–Crippen MR) is 50.8 cm³/mol. The minimum absolute atomic E-state index is 0.210. The molecule has 0 aliphatic heterocycles. The molecule has 0 spiro atoms. The SMILES string of the molecule is COC1(C(N)=NO)CCC(C)CC1. The van der Waals surface area contributed by atoms with Crippen LogP contribution in [-0.2, 0) is 4.74 Å². The molecule has 4 heteroatoms. The summed E-state index contributed by atoms with van der Waals surface area (Å²) in [4.78, 5) is 0. The number of ether oxygens (including phenoxy) is 1. The van der Waals surface area contributed by atoms with Gasteiger partial charge in [-0.15, -0.1) is 0 Å². The van der Waals surface area contributed by atoms with Crippen molar-refractivity contribution in [2.75, 3.05) is 7.11 Å². The first-order valence-electron chi connectivity index (χ1n) is 4.68. The number of nitrogens with two attached hydrogens (primary N) is 1. The van der Waals surface area contributed by atoms with Crippen molar-refractivity contribution in [3.63, 3.8) is 0 Å². The highest BCUT2D eigenvalue weighted by atomic mass is 16.5. The number of methoxy groups -OCH3 is 1. The van der Waals surface area contributed by atoms with Crippen LogP contribution in [0, 0.1) is 5.92 Å². The molecule has 0 radical (unpaired) electrons. The minimum Gasteiger partial charge on any atom is -0.409 e. The Hall–Kier alpha value is -0.770. The molecule has 1 fully saturated rings. The van der Waals surface area contributed by atoms with Gasteiger partial charge in [0.25, 0.3) is 0 Å². The molecule has 0 heterocycles. The minimum atomic E-state index is -0.513. The predicted octanol–water partition coefficient (Wildman–Crippen LogP) is 1.33.